The van der Waals surface area contributed by atoms with Gasteiger partial charge < -0.3 is 14.6 Å². The molecule has 0 saturated heterocycles. The van der Waals surface area contributed by atoms with E-state index in [2.05, 4.69) is 26.2 Å². The molecule has 0 radical (unpaired) electrons. The Morgan fingerprint density at radius 2 is 2.24 bits per heavy atom. The van der Waals surface area contributed by atoms with Crippen molar-refractivity contribution >= 4 is 5.95 Å². The maximum atomic E-state index is 5.38. The smallest absolute Gasteiger partial charge is 0.203 e. The summed E-state index contributed by atoms with van der Waals surface area (Å²) in [6.07, 6.45) is 5.84. The molecule has 0 amide bonds. The van der Waals surface area contributed by atoms with Gasteiger partial charge in [0, 0.05) is 57.9 Å². The number of imidazole rings is 1. The fraction of sp³-hybridized carbons (Fsp3) is 0.600. The molecule has 0 fully saturated rings. The van der Waals surface area contributed by atoms with Crippen LogP contribution in [0.25, 0.3) is 0 Å². The van der Waals surface area contributed by atoms with E-state index >= 15 is 0 Å². The van der Waals surface area contributed by atoms with Crippen molar-refractivity contribution in [2.75, 3.05) is 25.1 Å². The van der Waals surface area contributed by atoms with Gasteiger partial charge in [-0.3, -0.25) is 4.68 Å². The van der Waals surface area contributed by atoms with Gasteiger partial charge in [0.15, 0.2) is 0 Å². The van der Waals surface area contributed by atoms with Crippen molar-refractivity contribution in [3.8, 4) is 0 Å². The van der Waals surface area contributed by atoms with Crippen molar-refractivity contribution in [2.45, 2.75) is 33.2 Å². The molecule has 2 aromatic heterocycles. The van der Waals surface area contributed by atoms with E-state index < -0.39 is 0 Å². The summed E-state index contributed by atoms with van der Waals surface area (Å²) < 4.78 is 9.45. The summed E-state index contributed by atoms with van der Waals surface area (Å²) >= 11 is 0. The van der Waals surface area contributed by atoms with Crippen LogP contribution in [-0.2, 0) is 24.8 Å². The zero-order valence-corrected chi connectivity index (χ0v) is 13.2. The molecule has 116 valence electrons. The lowest BCUT2D eigenvalue weighted by atomic mass is 10.3. The Morgan fingerprint density at radius 1 is 1.38 bits per heavy atom. The second kappa shape index (κ2) is 7.83. The first-order valence-corrected chi connectivity index (χ1v) is 7.53. The molecule has 1 N–H and O–H groups in total. The third-order valence-electron chi connectivity index (χ3n) is 3.38. The van der Waals surface area contributed by atoms with Crippen LogP contribution in [0, 0.1) is 6.92 Å². The van der Waals surface area contributed by atoms with Gasteiger partial charge in [0.05, 0.1) is 5.69 Å². The van der Waals surface area contributed by atoms with Gasteiger partial charge in [-0.05, 0) is 26.3 Å². The molecule has 0 aliphatic heterocycles. The van der Waals surface area contributed by atoms with E-state index in [4.69, 9.17) is 4.74 Å². The lowest BCUT2D eigenvalue weighted by Gasteiger charge is -2.10. The van der Waals surface area contributed by atoms with Crippen LogP contribution in [0.4, 0.5) is 5.95 Å². The van der Waals surface area contributed by atoms with Crippen LogP contribution < -0.4 is 5.32 Å². The number of anilines is 1. The Hall–Kier alpha value is -1.82. The van der Waals surface area contributed by atoms with Gasteiger partial charge in [-0.1, -0.05) is 0 Å². The SMILES string of the molecule is CCOCCCn1cc(C)nc1NCCc1ccnn1C. The normalized spacial score (nSPS) is 11.0. The monoisotopic (exact) mass is 291 g/mol. The predicted molar refractivity (Wildman–Crippen MR) is 83.5 cm³/mol. The van der Waals surface area contributed by atoms with Crippen LogP contribution in [0.3, 0.4) is 0 Å². The van der Waals surface area contributed by atoms with Crippen LogP contribution in [0.5, 0.6) is 0 Å². The second-order valence-corrected chi connectivity index (χ2v) is 5.07. The number of rotatable bonds is 9. The van der Waals surface area contributed by atoms with Gasteiger partial charge in [-0.25, -0.2) is 4.98 Å². The summed E-state index contributed by atoms with van der Waals surface area (Å²) in [5.74, 6) is 0.936. The van der Waals surface area contributed by atoms with Crippen molar-refractivity contribution in [3.05, 3.63) is 29.8 Å². The number of aromatic nitrogens is 4. The number of nitrogens with zero attached hydrogens (tertiary/aromatic N) is 4. The molecule has 2 rings (SSSR count). The molecule has 0 unspecified atom stereocenters. The van der Waals surface area contributed by atoms with Gasteiger partial charge in [-0.2, -0.15) is 5.10 Å². The molecule has 2 aromatic rings. The summed E-state index contributed by atoms with van der Waals surface area (Å²) in [5, 5.41) is 7.59. The summed E-state index contributed by atoms with van der Waals surface area (Å²) in [7, 11) is 1.97. The van der Waals surface area contributed by atoms with Crippen molar-refractivity contribution in [2.24, 2.45) is 7.05 Å². The standard InChI is InChI=1S/C15H25N5O/c1-4-21-11-5-10-20-12-13(2)18-15(20)16-8-6-14-7-9-17-19(14)3/h7,9,12H,4-6,8,10-11H2,1-3H3,(H,16,18). The van der Waals surface area contributed by atoms with Gasteiger partial charge in [0.25, 0.3) is 0 Å². The van der Waals surface area contributed by atoms with E-state index in [-0.39, 0.29) is 0 Å². The summed E-state index contributed by atoms with van der Waals surface area (Å²) in [6.45, 7) is 7.38. The number of nitrogens with one attached hydrogen (secondary N) is 1. The van der Waals surface area contributed by atoms with E-state index in [1.807, 2.05) is 37.8 Å². The minimum atomic E-state index is 0.777. The molecular weight excluding hydrogens is 266 g/mol. The molecule has 0 aromatic carbocycles. The van der Waals surface area contributed by atoms with Crippen LogP contribution in [-0.4, -0.2) is 39.1 Å². The fourth-order valence-corrected chi connectivity index (χ4v) is 2.29. The van der Waals surface area contributed by atoms with Crippen molar-refractivity contribution in [3.63, 3.8) is 0 Å². The van der Waals surface area contributed by atoms with Crippen LogP contribution in [0.2, 0.25) is 0 Å². The Labute approximate surface area is 126 Å². The van der Waals surface area contributed by atoms with Gasteiger partial charge in [0.1, 0.15) is 0 Å². The van der Waals surface area contributed by atoms with E-state index in [0.29, 0.717) is 0 Å². The largest absolute Gasteiger partial charge is 0.382 e. The van der Waals surface area contributed by atoms with Crippen LogP contribution in [0.1, 0.15) is 24.7 Å². The lowest BCUT2D eigenvalue weighted by molar-refractivity contribution is 0.142. The number of aryl methyl sites for hydroxylation is 3. The van der Waals surface area contributed by atoms with Gasteiger partial charge in [0.2, 0.25) is 5.95 Å². The third kappa shape index (κ3) is 4.60. The number of ether oxygens (including phenoxy) is 1. The van der Waals surface area contributed by atoms with Gasteiger partial charge >= 0.3 is 0 Å². The van der Waals surface area contributed by atoms with E-state index in [1.54, 1.807) is 0 Å². The first kappa shape index (κ1) is 15.6. The summed E-state index contributed by atoms with van der Waals surface area (Å²) in [6, 6.07) is 2.04. The Bertz CT molecular complexity index is 546. The molecule has 0 aliphatic rings. The molecule has 21 heavy (non-hydrogen) atoms. The second-order valence-electron chi connectivity index (χ2n) is 5.07. The van der Waals surface area contributed by atoms with E-state index in [0.717, 1.165) is 50.8 Å². The minimum absolute atomic E-state index is 0.777. The predicted octanol–water partition coefficient (Wildman–Crippen LogP) is 2.01. The Morgan fingerprint density at radius 3 is 2.95 bits per heavy atom. The maximum Gasteiger partial charge on any atom is 0.203 e. The highest BCUT2D eigenvalue weighted by Gasteiger charge is 2.05. The maximum absolute atomic E-state index is 5.38. The molecule has 0 bridgehead atoms. The summed E-state index contributed by atoms with van der Waals surface area (Å²) in [4.78, 5) is 4.54. The molecule has 6 heteroatoms. The first-order chi connectivity index (χ1) is 10.2. The third-order valence-corrected chi connectivity index (χ3v) is 3.38. The highest BCUT2D eigenvalue weighted by Crippen LogP contribution is 2.10. The van der Waals surface area contributed by atoms with Crippen LogP contribution >= 0.6 is 0 Å². The van der Waals surface area contributed by atoms with Gasteiger partial charge in [-0.15, -0.1) is 0 Å². The zero-order chi connectivity index (χ0) is 15.1. The molecule has 6 nitrogen and oxygen atoms in total. The minimum Gasteiger partial charge on any atom is -0.382 e. The zero-order valence-electron chi connectivity index (χ0n) is 13.2. The van der Waals surface area contributed by atoms with Crippen LogP contribution in [0.15, 0.2) is 18.5 Å². The average Bonchev–Trinajstić information content (AvgIpc) is 3.02. The highest BCUT2D eigenvalue weighted by molar-refractivity contribution is 5.29. The number of hydrogen-bond acceptors (Lipinski definition) is 4. The molecule has 0 atom stereocenters. The quantitative estimate of drug-likeness (QED) is 0.718. The molecule has 0 aliphatic carbocycles. The summed E-state index contributed by atoms with van der Waals surface area (Å²) in [5.41, 5.74) is 2.25. The fourth-order valence-electron chi connectivity index (χ4n) is 2.29. The van der Waals surface area contributed by atoms with Crippen molar-refractivity contribution in [1.29, 1.82) is 0 Å². The van der Waals surface area contributed by atoms with E-state index in [9.17, 15) is 0 Å². The Balaban J connectivity index is 1.83. The first-order valence-electron chi connectivity index (χ1n) is 7.53. The molecule has 2 heterocycles. The molecular formula is C15H25N5O. The molecule has 0 spiro atoms. The topological polar surface area (TPSA) is 56.9 Å². The molecule has 0 saturated carbocycles. The van der Waals surface area contributed by atoms with E-state index in [1.165, 1.54) is 5.69 Å². The average molecular weight is 291 g/mol. The van der Waals surface area contributed by atoms with Crippen molar-refractivity contribution in [1.82, 2.24) is 19.3 Å². The lowest BCUT2D eigenvalue weighted by Crippen LogP contribution is -2.13. The van der Waals surface area contributed by atoms with Crippen molar-refractivity contribution < 1.29 is 4.74 Å². The Kier molecular flexibility index (Phi) is 5.80. The number of hydrogen-bond donors (Lipinski definition) is 1. The highest BCUT2D eigenvalue weighted by atomic mass is 16.5.